The van der Waals surface area contributed by atoms with Gasteiger partial charge in [-0.2, -0.15) is 0 Å². The minimum Gasteiger partial charge on any atom is -0.454 e. The highest BCUT2D eigenvalue weighted by atomic mass is 19.1. The van der Waals surface area contributed by atoms with Crippen LogP contribution >= 0.6 is 0 Å². The molecule has 4 rings (SSSR count). The van der Waals surface area contributed by atoms with Crippen molar-refractivity contribution >= 4 is 17.0 Å². The maximum Gasteiger partial charge on any atom is 0.268 e. The van der Waals surface area contributed by atoms with Crippen molar-refractivity contribution in [3.05, 3.63) is 83.8 Å². The Kier molecular flexibility index (Phi) is 4.69. The molecule has 1 N–H and O–H groups in total. The highest BCUT2D eigenvalue weighted by molar-refractivity contribution is 5.98. The molecule has 0 saturated carbocycles. The Bertz CT molecular complexity index is 1170. The summed E-state index contributed by atoms with van der Waals surface area (Å²) in [5, 5.41) is 2.70. The molecule has 2 heterocycles. The normalized spacial score (nSPS) is 10.7. The van der Waals surface area contributed by atoms with Crippen molar-refractivity contribution in [2.24, 2.45) is 0 Å². The Labute approximate surface area is 161 Å². The molecule has 4 nitrogen and oxygen atoms in total. The lowest BCUT2D eigenvalue weighted by Crippen LogP contribution is -2.26. The monoisotopic (exact) mass is 372 g/mol. The third kappa shape index (κ3) is 3.40. The van der Waals surface area contributed by atoms with Crippen molar-refractivity contribution < 1.29 is 13.6 Å². The van der Waals surface area contributed by atoms with Crippen molar-refractivity contribution in [2.75, 3.05) is 6.54 Å². The van der Waals surface area contributed by atoms with Gasteiger partial charge in [0.2, 0.25) is 0 Å². The van der Waals surface area contributed by atoms with E-state index in [0.29, 0.717) is 23.6 Å². The largest absolute Gasteiger partial charge is 0.454 e. The number of terminal acetylenes is 1. The molecule has 0 aliphatic carbocycles. The number of benzene rings is 2. The number of fused-ring (bicyclic) bond motifs is 1. The van der Waals surface area contributed by atoms with E-state index in [2.05, 4.69) is 11.2 Å². The Hall–Kier alpha value is -3.78. The van der Waals surface area contributed by atoms with Gasteiger partial charge in [0.1, 0.15) is 17.3 Å². The van der Waals surface area contributed by atoms with E-state index in [1.807, 2.05) is 41.0 Å². The molecule has 0 aliphatic heterocycles. The Balaban J connectivity index is 1.79. The molecule has 2 aromatic heterocycles. The van der Waals surface area contributed by atoms with Gasteiger partial charge in [-0.1, -0.05) is 36.3 Å². The number of amides is 1. The van der Waals surface area contributed by atoms with Crippen molar-refractivity contribution in [3.8, 4) is 23.7 Å². The van der Waals surface area contributed by atoms with Crippen LogP contribution in [0.3, 0.4) is 0 Å². The van der Waals surface area contributed by atoms with Crippen LogP contribution in [0.4, 0.5) is 4.39 Å². The zero-order valence-corrected chi connectivity index (χ0v) is 15.0. The fourth-order valence-corrected chi connectivity index (χ4v) is 3.14. The molecule has 0 atom stereocenters. The maximum absolute atomic E-state index is 13.2. The van der Waals surface area contributed by atoms with E-state index >= 15 is 0 Å². The van der Waals surface area contributed by atoms with Gasteiger partial charge in [0.05, 0.1) is 12.1 Å². The average Bonchev–Trinajstić information content (AvgIpc) is 3.27. The van der Waals surface area contributed by atoms with Crippen molar-refractivity contribution in [3.63, 3.8) is 0 Å². The number of aromatic nitrogens is 1. The summed E-state index contributed by atoms with van der Waals surface area (Å²) in [5.41, 5.74) is 3.66. The van der Waals surface area contributed by atoms with E-state index < -0.39 is 0 Å². The third-order valence-corrected chi connectivity index (χ3v) is 4.49. The first-order valence-corrected chi connectivity index (χ1v) is 8.80. The van der Waals surface area contributed by atoms with Gasteiger partial charge in [-0.3, -0.25) is 4.79 Å². The lowest BCUT2D eigenvalue weighted by molar-refractivity contribution is 0.0950. The van der Waals surface area contributed by atoms with E-state index in [9.17, 15) is 9.18 Å². The average molecular weight is 372 g/mol. The van der Waals surface area contributed by atoms with Gasteiger partial charge in [0.25, 0.3) is 5.91 Å². The molecule has 5 heteroatoms. The number of hydrogen-bond donors (Lipinski definition) is 1. The van der Waals surface area contributed by atoms with E-state index in [4.69, 9.17) is 10.8 Å². The number of furan rings is 1. The van der Waals surface area contributed by atoms with E-state index in [1.165, 1.54) is 12.1 Å². The predicted octanol–water partition coefficient (Wildman–Crippen LogP) is 4.45. The summed E-state index contributed by atoms with van der Waals surface area (Å²) in [6.45, 7) is 0.656. The van der Waals surface area contributed by atoms with Crippen LogP contribution in [0.2, 0.25) is 0 Å². The Morgan fingerprint density at radius 3 is 2.57 bits per heavy atom. The summed E-state index contributed by atoms with van der Waals surface area (Å²) in [6, 6.07) is 19.5. The van der Waals surface area contributed by atoms with Gasteiger partial charge >= 0.3 is 0 Å². The van der Waals surface area contributed by atoms with E-state index in [1.54, 1.807) is 18.2 Å². The minimum atomic E-state index is -0.305. The van der Waals surface area contributed by atoms with Crippen molar-refractivity contribution in [1.82, 2.24) is 9.88 Å². The van der Waals surface area contributed by atoms with Crippen molar-refractivity contribution in [1.29, 1.82) is 0 Å². The van der Waals surface area contributed by atoms with Crippen LogP contribution in [-0.2, 0) is 6.54 Å². The molecule has 0 bridgehead atoms. The van der Waals surface area contributed by atoms with Crippen LogP contribution in [0.25, 0.3) is 22.4 Å². The number of rotatable bonds is 5. The zero-order chi connectivity index (χ0) is 19.5. The molecule has 138 valence electrons. The summed E-state index contributed by atoms with van der Waals surface area (Å²) in [7, 11) is 0. The highest BCUT2D eigenvalue weighted by Crippen LogP contribution is 2.31. The molecule has 0 unspecified atom stereocenters. The van der Waals surface area contributed by atoms with Gasteiger partial charge in [-0.25, -0.2) is 4.39 Å². The fraction of sp³-hybridized carbons (Fsp3) is 0.0870. The molecule has 0 radical (unpaired) electrons. The van der Waals surface area contributed by atoms with Gasteiger partial charge < -0.3 is 14.3 Å². The first kappa shape index (κ1) is 17.6. The second kappa shape index (κ2) is 7.45. The highest BCUT2D eigenvalue weighted by Gasteiger charge is 2.19. The number of halogens is 1. The Morgan fingerprint density at radius 2 is 1.86 bits per heavy atom. The van der Waals surface area contributed by atoms with Crippen LogP contribution in [0, 0.1) is 18.2 Å². The third-order valence-electron chi connectivity index (χ3n) is 4.49. The molecule has 1 amide bonds. The number of carbonyl (C=O) groups excluding carboxylic acids is 1. The summed E-state index contributed by atoms with van der Waals surface area (Å²) < 4.78 is 21.0. The molecule has 0 fully saturated rings. The molecule has 2 aromatic carbocycles. The summed E-state index contributed by atoms with van der Waals surface area (Å²) in [4.78, 5) is 12.6. The summed E-state index contributed by atoms with van der Waals surface area (Å²) in [5.74, 6) is 2.45. The van der Waals surface area contributed by atoms with Crippen molar-refractivity contribution in [2.45, 2.75) is 6.54 Å². The fourth-order valence-electron chi connectivity index (χ4n) is 3.14. The van der Waals surface area contributed by atoms with Gasteiger partial charge in [0, 0.05) is 24.2 Å². The van der Waals surface area contributed by atoms with Gasteiger partial charge in [0.15, 0.2) is 5.58 Å². The van der Waals surface area contributed by atoms with Crippen LogP contribution < -0.4 is 5.32 Å². The maximum atomic E-state index is 13.2. The van der Waals surface area contributed by atoms with Crippen LogP contribution in [0.15, 0.2) is 71.1 Å². The smallest absolute Gasteiger partial charge is 0.268 e. The van der Waals surface area contributed by atoms with Gasteiger partial charge in [-0.05, 0) is 29.8 Å². The van der Waals surface area contributed by atoms with Crippen LogP contribution in [0.5, 0.6) is 0 Å². The quantitative estimate of drug-likeness (QED) is 0.526. The molecule has 0 aliphatic rings. The molecule has 4 aromatic rings. The SMILES string of the molecule is C#CCNC(=O)c1cc2oc(-c3ccc(F)cc3)cc2n1Cc1ccccc1. The van der Waals surface area contributed by atoms with Crippen LogP contribution in [-0.4, -0.2) is 17.0 Å². The molecular formula is C23H17FN2O2. The summed E-state index contributed by atoms with van der Waals surface area (Å²) in [6.07, 6.45) is 5.25. The first-order valence-electron chi connectivity index (χ1n) is 8.80. The number of nitrogens with zero attached hydrogens (tertiary/aromatic N) is 1. The standard InChI is InChI=1S/C23H17FN2O2/c1-2-12-25-23(27)20-14-22-19(26(20)15-16-6-4-3-5-7-16)13-21(28-22)17-8-10-18(24)11-9-17/h1,3-11,13-14H,12,15H2,(H,25,27). The van der Waals surface area contributed by atoms with E-state index in [-0.39, 0.29) is 18.3 Å². The topological polar surface area (TPSA) is 47.2 Å². The molecule has 0 saturated heterocycles. The Morgan fingerprint density at radius 1 is 1.11 bits per heavy atom. The first-order chi connectivity index (χ1) is 13.7. The second-order valence-electron chi connectivity index (χ2n) is 6.36. The predicted molar refractivity (Wildman–Crippen MR) is 106 cm³/mol. The molecular weight excluding hydrogens is 355 g/mol. The second-order valence-corrected chi connectivity index (χ2v) is 6.36. The number of hydrogen-bond acceptors (Lipinski definition) is 2. The minimum absolute atomic E-state index is 0.150. The number of carbonyl (C=O) groups is 1. The number of nitrogens with one attached hydrogen (secondary N) is 1. The van der Waals surface area contributed by atoms with Gasteiger partial charge in [-0.15, -0.1) is 6.42 Å². The molecule has 0 spiro atoms. The summed E-state index contributed by atoms with van der Waals surface area (Å²) >= 11 is 0. The lowest BCUT2D eigenvalue weighted by atomic mass is 10.2. The van der Waals surface area contributed by atoms with E-state index in [0.717, 1.165) is 16.6 Å². The zero-order valence-electron chi connectivity index (χ0n) is 15.0. The van der Waals surface area contributed by atoms with Crippen LogP contribution in [0.1, 0.15) is 16.1 Å². The molecule has 28 heavy (non-hydrogen) atoms. The lowest BCUT2D eigenvalue weighted by Gasteiger charge is -2.10.